The van der Waals surface area contributed by atoms with Crippen molar-refractivity contribution in [2.45, 2.75) is 26.8 Å². The van der Waals surface area contributed by atoms with Gasteiger partial charge in [0, 0.05) is 30.2 Å². The normalized spacial score (nSPS) is 10.7. The van der Waals surface area contributed by atoms with Gasteiger partial charge in [0.25, 0.3) is 0 Å². The number of fused-ring (bicyclic) bond motifs is 1. The van der Waals surface area contributed by atoms with Crippen LogP contribution >= 0.6 is 12.4 Å². The van der Waals surface area contributed by atoms with Crippen LogP contribution in [0.4, 0.5) is 0 Å². The second-order valence-electron chi connectivity index (χ2n) is 6.60. The van der Waals surface area contributed by atoms with Crippen LogP contribution in [0.2, 0.25) is 0 Å². The third kappa shape index (κ3) is 3.38. The summed E-state index contributed by atoms with van der Waals surface area (Å²) in [7, 11) is 0. The molecule has 2 nitrogen and oxygen atoms in total. The average molecular weight is 363 g/mol. The molecule has 132 valence electrons. The van der Waals surface area contributed by atoms with E-state index in [2.05, 4.69) is 85.1 Å². The van der Waals surface area contributed by atoms with E-state index in [-0.39, 0.29) is 12.4 Å². The zero-order valence-electron chi connectivity index (χ0n) is 15.1. The molecule has 26 heavy (non-hydrogen) atoms. The minimum Gasteiger partial charge on any atom is -0.339 e. The van der Waals surface area contributed by atoms with Crippen LogP contribution in [0, 0.1) is 13.8 Å². The molecule has 0 fully saturated rings. The summed E-state index contributed by atoms with van der Waals surface area (Å²) in [6.45, 7) is 5.31. The van der Waals surface area contributed by atoms with Gasteiger partial charge in [-0.25, -0.2) is 0 Å². The summed E-state index contributed by atoms with van der Waals surface area (Å²) in [6.07, 6.45) is 2.80. The number of halogens is 1. The third-order valence-electron chi connectivity index (χ3n) is 5.02. The predicted octanol–water partition coefficient (Wildman–Crippen LogP) is 5.71. The largest absolute Gasteiger partial charge is 0.339 e. The second-order valence-corrected chi connectivity index (χ2v) is 6.60. The molecule has 0 N–H and O–H groups in total. The quantitative estimate of drug-likeness (QED) is 0.454. The first-order chi connectivity index (χ1) is 12.2. The topological polar surface area (TPSA) is 17.8 Å². The fourth-order valence-electron chi connectivity index (χ4n) is 3.55. The Kier molecular flexibility index (Phi) is 5.43. The molecule has 0 bridgehead atoms. The highest BCUT2D eigenvalue weighted by molar-refractivity contribution is 5.87. The molecule has 0 radical (unpaired) electrons. The molecule has 4 rings (SSSR count). The molecule has 2 aromatic heterocycles. The van der Waals surface area contributed by atoms with Crippen molar-refractivity contribution in [1.29, 1.82) is 0 Å². The molecule has 3 heteroatoms. The zero-order chi connectivity index (χ0) is 17.2. The molecular formula is C23H23ClN2. The molecule has 0 saturated carbocycles. The summed E-state index contributed by atoms with van der Waals surface area (Å²) in [5.41, 5.74) is 7.70. The Labute approximate surface area is 160 Å². The first-order valence-electron chi connectivity index (χ1n) is 8.75. The van der Waals surface area contributed by atoms with Crippen LogP contribution in [0.5, 0.6) is 0 Å². The summed E-state index contributed by atoms with van der Waals surface area (Å²) in [6, 6.07) is 23.4. The molecule has 0 amide bonds. The van der Waals surface area contributed by atoms with Crippen molar-refractivity contribution in [3.63, 3.8) is 0 Å². The van der Waals surface area contributed by atoms with Gasteiger partial charge in [-0.2, -0.15) is 0 Å². The first kappa shape index (κ1) is 18.2. The SMILES string of the molecule is Cc1c(C)n(Cc2ccccc2)c2c(Cc3ccccc3)nccc12.Cl. The van der Waals surface area contributed by atoms with Crippen LogP contribution in [0.3, 0.4) is 0 Å². The fraction of sp³-hybridized carbons (Fsp3) is 0.174. The second kappa shape index (κ2) is 7.76. The van der Waals surface area contributed by atoms with Gasteiger partial charge in [0.15, 0.2) is 0 Å². The molecule has 0 saturated heterocycles. The Morgan fingerprint density at radius 1 is 0.808 bits per heavy atom. The maximum absolute atomic E-state index is 4.74. The van der Waals surface area contributed by atoms with Crippen molar-refractivity contribution >= 4 is 23.3 Å². The summed E-state index contributed by atoms with van der Waals surface area (Å²) >= 11 is 0. The smallest absolute Gasteiger partial charge is 0.0710 e. The Hall–Kier alpha value is -2.58. The van der Waals surface area contributed by atoms with Gasteiger partial charge in [-0.05, 0) is 36.6 Å². The standard InChI is InChI=1S/C23H22N2.ClH/c1-17-18(2)25(16-20-11-7-4-8-12-20)23-21(17)13-14-24-22(23)15-19-9-5-3-6-10-19;/h3-14H,15-16H2,1-2H3;1H. The van der Waals surface area contributed by atoms with Crippen molar-refractivity contribution in [2.24, 2.45) is 0 Å². The van der Waals surface area contributed by atoms with Gasteiger partial charge in [-0.3, -0.25) is 4.98 Å². The highest BCUT2D eigenvalue weighted by atomic mass is 35.5. The van der Waals surface area contributed by atoms with Crippen LogP contribution in [0.1, 0.15) is 28.1 Å². The molecule has 0 atom stereocenters. The van der Waals surface area contributed by atoms with Crippen LogP contribution in [0.25, 0.3) is 10.9 Å². The minimum atomic E-state index is 0. The summed E-state index contributed by atoms with van der Waals surface area (Å²) in [5.74, 6) is 0. The zero-order valence-corrected chi connectivity index (χ0v) is 16.0. The number of benzene rings is 2. The van der Waals surface area contributed by atoms with Crippen molar-refractivity contribution in [3.8, 4) is 0 Å². The molecule has 0 aliphatic heterocycles. The number of rotatable bonds is 4. The Morgan fingerprint density at radius 2 is 1.42 bits per heavy atom. The minimum absolute atomic E-state index is 0. The summed E-state index contributed by atoms with van der Waals surface area (Å²) in [4.78, 5) is 4.74. The van der Waals surface area contributed by atoms with Crippen molar-refractivity contribution in [2.75, 3.05) is 0 Å². The van der Waals surface area contributed by atoms with E-state index in [4.69, 9.17) is 4.98 Å². The van der Waals surface area contributed by atoms with E-state index in [0.29, 0.717) is 0 Å². The van der Waals surface area contributed by atoms with Gasteiger partial charge in [0.2, 0.25) is 0 Å². The lowest BCUT2D eigenvalue weighted by atomic mass is 10.1. The van der Waals surface area contributed by atoms with Crippen molar-refractivity contribution < 1.29 is 0 Å². The highest BCUT2D eigenvalue weighted by Gasteiger charge is 2.15. The van der Waals surface area contributed by atoms with Crippen LogP contribution < -0.4 is 0 Å². The maximum Gasteiger partial charge on any atom is 0.0710 e. The molecule has 0 aliphatic rings. The number of hydrogen-bond acceptors (Lipinski definition) is 1. The number of nitrogens with zero attached hydrogens (tertiary/aromatic N) is 2. The van der Waals surface area contributed by atoms with Gasteiger partial charge in [0.1, 0.15) is 0 Å². The van der Waals surface area contributed by atoms with E-state index in [1.807, 2.05) is 6.20 Å². The Bertz CT molecular complexity index is 1000. The monoisotopic (exact) mass is 362 g/mol. The van der Waals surface area contributed by atoms with Crippen molar-refractivity contribution in [3.05, 3.63) is 101 Å². The van der Waals surface area contributed by atoms with E-state index in [0.717, 1.165) is 18.7 Å². The number of aromatic nitrogens is 2. The third-order valence-corrected chi connectivity index (χ3v) is 5.02. The van der Waals surface area contributed by atoms with E-state index in [1.165, 1.54) is 33.3 Å². The van der Waals surface area contributed by atoms with Gasteiger partial charge in [0.05, 0.1) is 11.2 Å². The first-order valence-corrected chi connectivity index (χ1v) is 8.75. The lowest BCUT2D eigenvalue weighted by molar-refractivity contribution is 0.794. The molecule has 0 spiro atoms. The van der Waals surface area contributed by atoms with E-state index in [1.54, 1.807) is 0 Å². The Morgan fingerprint density at radius 3 is 2.08 bits per heavy atom. The van der Waals surface area contributed by atoms with Gasteiger partial charge < -0.3 is 4.57 Å². The molecule has 0 aliphatic carbocycles. The fourth-order valence-corrected chi connectivity index (χ4v) is 3.55. The molecular weight excluding hydrogens is 340 g/mol. The number of hydrogen-bond donors (Lipinski definition) is 0. The summed E-state index contributed by atoms with van der Waals surface area (Å²) in [5, 5.41) is 1.31. The molecule has 2 aromatic carbocycles. The van der Waals surface area contributed by atoms with Crippen molar-refractivity contribution in [1.82, 2.24) is 9.55 Å². The predicted molar refractivity (Wildman–Crippen MR) is 111 cm³/mol. The summed E-state index contributed by atoms with van der Waals surface area (Å²) < 4.78 is 2.42. The van der Waals surface area contributed by atoms with Crippen LogP contribution in [-0.4, -0.2) is 9.55 Å². The highest BCUT2D eigenvalue weighted by Crippen LogP contribution is 2.29. The molecule has 2 heterocycles. The molecule has 4 aromatic rings. The Balaban J connectivity index is 0.00000196. The van der Waals surface area contributed by atoms with Gasteiger partial charge >= 0.3 is 0 Å². The maximum atomic E-state index is 4.74. The molecule has 0 unspecified atom stereocenters. The van der Waals surface area contributed by atoms with Crippen LogP contribution in [0.15, 0.2) is 72.9 Å². The van der Waals surface area contributed by atoms with E-state index in [9.17, 15) is 0 Å². The number of pyridine rings is 1. The van der Waals surface area contributed by atoms with Crippen LogP contribution in [-0.2, 0) is 13.0 Å². The lowest BCUT2D eigenvalue weighted by Gasteiger charge is -2.11. The van der Waals surface area contributed by atoms with Gasteiger partial charge in [-0.1, -0.05) is 60.7 Å². The number of aryl methyl sites for hydroxylation is 1. The van der Waals surface area contributed by atoms with Gasteiger partial charge in [-0.15, -0.1) is 12.4 Å². The van der Waals surface area contributed by atoms with E-state index >= 15 is 0 Å². The lowest BCUT2D eigenvalue weighted by Crippen LogP contribution is -2.05. The van der Waals surface area contributed by atoms with E-state index < -0.39 is 0 Å². The average Bonchev–Trinajstić information content (AvgIpc) is 2.89.